The third kappa shape index (κ3) is 3.62. The van der Waals surface area contributed by atoms with Crippen LogP contribution in [-0.2, 0) is 4.74 Å². The molecule has 0 saturated carbocycles. The Hall–Kier alpha value is -1.95. The van der Waals surface area contributed by atoms with Crippen molar-refractivity contribution >= 4 is 23.6 Å². The number of halogens is 1. The molecule has 1 saturated heterocycles. The Bertz CT molecular complexity index is 556. The maximum atomic E-state index is 12.6. The number of methoxy groups -OCH3 is 1. The van der Waals surface area contributed by atoms with Crippen molar-refractivity contribution in [2.75, 3.05) is 39.9 Å². The van der Waals surface area contributed by atoms with E-state index in [9.17, 15) is 9.59 Å². The summed E-state index contributed by atoms with van der Waals surface area (Å²) in [4.78, 5) is 27.5. The minimum Gasteiger partial charge on any atom is -0.496 e. The van der Waals surface area contributed by atoms with Crippen LogP contribution in [0.3, 0.4) is 0 Å². The number of ether oxygens (including phenoxy) is 2. The number of hydrogen-bond donors (Lipinski definition) is 0. The minimum atomic E-state index is -0.338. The first-order valence-electron chi connectivity index (χ1n) is 7.11. The first-order chi connectivity index (χ1) is 10.6. The van der Waals surface area contributed by atoms with E-state index in [2.05, 4.69) is 0 Å². The summed E-state index contributed by atoms with van der Waals surface area (Å²) in [6, 6.07) is 4.95. The highest BCUT2D eigenvalue weighted by atomic mass is 35.5. The van der Waals surface area contributed by atoms with Gasteiger partial charge in [-0.15, -0.1) is 0 Å². The predicted molar refractivity (Wildman–Crippen MR) is 82.5 cm³/mol. The van der Waals surface area contributed by atoms with Gasteiger partial charge in [0, 0.05) is 31.2 Å². The third-order valence-corrected chi connectivity index (χ3v) is 3.72. The van der Waals surface area contributed by atoms with Crippen molar-refractivity contribution in [1.82, 2.24) is 9.80 Å². The standard InChI is InChI=1S/C15H19ClN2O4/c1-3-22-15(20)18-8-6-17(7-9-18)14(19)12-10-11(16)4-5-13(12)21-2/h4-5,10H,3,6-9H2,1-2H3. The fourth-order valence-corrected chi connectivity index (χ4v) is 2.50. The molecule has 0 atom stereocenters. The lowest BCUT2D eigenvalue weighted by Crippen LogP contribution is -2.50. The minimum absolute atomic E-state index is 0.150. The summed E-state index contributed by atoms with van der Waals surface area (Å²) < 4.78 is 10.2. The van der Waals surface area contributed by atoms with E-state index in [0.717, 1.165) is 0 Å². The van der Waals surface area contributed by atoms with Crippen LogP contribution in [0.5, 0.6) is 5.75 Å². The third-order valence-electron chi connectivity index (χ3n) is 3.48. The molecule has 0 aliphatic carbocycles. The van der Waals surface area contributed by atoms with E-state index >= 15 is 0 Å². The highest BCUT2D eigenvalue weighted by Gasteiger charge is 2.27. The summed E-state index contributed by atoms with van der Waals surface area (Å²) in [6.07, 6.45) is -0.338. The van der Waals surface area contributed by atoms with E-state index in [1.807, 2.05) is 0 Å². The summed E-state index contributed by atoms with van der Waals surface area (Å²) in [5.41, 5.74) is 0.430. The average Bonchev–Trinajstić information content (AvgIpc) is 2.54. The Morgan fingerprint density at radius 1 is 1.18 bits per heavy atom. The number of nitrogens with zero attached hydrogens (tertiary/aromatic N) is 2. The maximum absolute atomic E-state index is 12.6. The first-order valence-corrected chi connectivity index (χ1v) is 7.49. The zero-order valence-electron chi connectivity index (χ0n) is 12.7. The number of hydrogen-bond acceptors (Lipinski definition) is 4. The quantitative estimate of drug-likeness (QED) is 0.855. The molecule has 0 N–H and O–H groups in total. The van der Waals surface area contributed by atoms with E-state index < -0.39 is 0 Å². The van der Waals surface area contributed by atoms with Gasteiger partial charge in [-0.25, -0.2) is 4.79 Å². The molecule has 1 fully saturated rings. The van der Waals surface area contributed by atoms with Gasteiger partial charge in [-0.05, 0) is 25.1 Å². The highest BCUT2D eigenvalue weighted by Crippen LogP contribution is 2.24. The highest BCUT2D eigenvalue weighted by molar-refractivity contribution is 6.31. The second-order valence-electron chi connectivity index (χ2n) is 4.82. The molecule has 1 aromatic rings. The number of benzene rings is 1. The molecule has 0 bridgehead atoms. The first kappa shape index (κ1) is 16.4. The van der Waals surface area contributed by atoms with Crippen LogP contribution < -0.4 is 4.74 Å². The molecule has 2 rings (SSSR count). The fraction of sp³-hybridized carbons (Fsp3) is 0.467. The van der Waals surface area contributed by atoms with Crippen LogP contribution in [-0.4, -0.2) is 61.7 Å². The van der Waals surface area contributed by atoms with Crippen molar-refractivity contribution in [2.45, 2.75) is 6.92 Å². The molecule has 1 aromatic carbocycles. The molecule has 0 spiro atoms. The lowest BCUT2D eigenvalue weighted by molar-refractivity contribution is 0.0568. The SMILES string of the molecule is CCOC(=O)N1CCN(C(=O)c2cc(Cl)ccc2OC)CC1. The molecule has 120 valence electrons. The van der Waals surface area contributed by atoms with Crippen LogP contribution in [0.4, 0.5) is 4.79 Å². The normalized spacial score (nSPS) is 14.7. The van der Waals surface area contributed by atoms with Crippen LogP contribution in [0.2, 0.25) is 5.02 Å². The van der Waals surface area contributed by atoms with Gasteiger partial charge in [0.25, 0.3) is 5.91 Å². The van der Waals surface area contributed by atoms with Gasteiger partial charge < -0.3 is 19.3 Å². The summed E-state index contributed by atoms with van der Waals surface area (Å²) in [6.45, 7) is 3.92. The van der Waals surface area contributed by atoms with E-state index in [4.69, 9.17) is 21.1 Å². The second kappa shape index (κ2) is 7.35. The fourth-order valence-electron chi connectivity index (χ4n) is 2.32. The van der Waals surface area contributed by atoms with Crippen molar-refractivity contribution in [3.8, 4) is 5.75 Å². The van der Waals surface area contributed by atoms with Crippen molar-refractivity contribution in [3.05, 3.63) is 28.8 Å². The van der Waals surface area contributed by atoms with Crippen LogP contribution >= 0.6 is 11.6 Å². The van der Waals surface area contributed by atoms with Crippen molar-refractivity contribution in [2.24, 2.45) is 0 Å². The number of rotatable bonds is 3. The molecule has 7 heteroatoms. The molecule has 0 aromatic heterocycles. The monoisotopic (exact) mass is 326 g/mol. The van der Waals surface area contributed by atoms with Crippen LogP contribution in [0, 0.1) is 0 Å². The summed E-state index contributed by atoms with van der Waals surface area (Å²) >= 11 is 5.96. The van der Waals surface area contributed by atoms with Gasteiger partial charge >= 0.3 is 6.09 Å². The molecule has 1 aliphatic rings. The summed E-state index contributed by atoms with van der Waals surface area (Å²) in [5.74, 6) is 0.338. The average molecular weight is 327 g/mol. The van der Waals surface area contributed by atoms with Gasteiger partial charge in [0.2, 0.25) is 0 Å². The molecular weight excluding hydrogens is 308 g/mol. The van der Waals surface area contributed by atoms with Gasteiger partial charge in [-0.2, -0.15) is 0 Å². The Kier molecular flexibility index (Phi) is 5.49. The van der Waals surface area contributed by atoms with E-state index in [1.54, 1.807) is 34.9 Å². The largest absolute Gasteiger partial charge is 0.496 e. The smallest absolute Gasteiger partial charge is 0.409 e. The lowest BCUT2D eigenvalue weighted by atomic mass is 10.1. The number of carbonyl (C=O) groups excluding carboxylic acids is 2. The molecule has 0 unspecified atom stereocenters. The Labute approximate surface area is 134 Å². The number of amides is 2. The zero-order valence-corrected chi connectivity index (χ0v) is 13.4. The van der Waals surface area contributed by atoms with Crippen LogP contribution in [0.1, 0.15) is 17.3 Å². The van der Waals surface area contributed by atoms with Gasteiger partial charge in [0.1, 0.15) is 5.75 Å². The van der Waals surface area contributed by atoms with E-state index in [1.165, 1.54) is 7.11 Å². The molecule has 6 nitrogen and oxygen atoms in total. The molecule has 1 heterocycles. The number of piperazine rings is 1. The van der Waals surface area contributed by atoms with Gasteiger partial charge in [-0.3, -0.25) is 4.79 Å². The second-order valence-corrected chi connectivity index (χ2v) is 5.26. The summed E-state index contributed by atoms with van der Waals surface area (Å²) in [5, 5.41) is 0.481. The maximum Gasteiger partial charge on any atom is 0.409 e. The molecule has 1 aliphatic heterocycles. The molecule has 0 radical (unpaired) electrons. The van der Waals surface area contributed by atoms with Crippen molar-refractivity contribution in [3.63, 3.8) is 0 Å². The summed E-state index contributed by atoms with van der Waals surface area (Å²) in [7, 11) is 1.51. The van der Waals surface area contributed by atoms with Crippen molar-refractivity contribution < 1.29 is 19.1 Å². The van der Waals surface area contributed by atoms with Gasteiger partial charge in [0.15, 0.2) is 0 Å². The Balaban J connectivity index is 2.04. The van der Waals surface area contributed by atoms with Crippen molar-refractivity contribution in [1.29, 1.82) is 0 Å². The lowest BCUT2D eigenvalue weighted by Gasteiger charge is -2.34. The van der Waals surface area contributed by atoms with E-state index in [-0.39, 0.29) is 12.0 Å². The predicted octanol–water partition coefficient (Wildman–Crippen LogP) is 2.26. The molecular formula is C15H19ClN2O4. The van der Waals surface area contributed by atoms with Crippen LogP contribution in [0.15, 0.2) is 18.2 Å². The van der Waals surface area contributed by atoms with E-state index in [0.29, 0.717) is 49.1 Å². The Morgan fingerprint density at radius 3 is 2.41 bits per heavy atom. The topological polar surface area (TPSA) is 59.1 Å². The zero-order chi connectivity index (χ0) is 16.1. The number of carbonyl (C=O) groups is 2. The molecule has 2 amide bonds. The molecule has 22 heavy (non-hydrogen) atoms. The van der Waals surface area contributed by atoms with Crippen LogP contribution in [0.25, 0.3) is 0 Å². The van der Waals surface area contributed by atoms with Gasteiger partial charge in [0.05, 0.1) is 19.3 Å². The van der Waals surface area contributed by atoms with Gasteiger partial charge in [-0.1, -0.05) is 11.6 Å². The Morgan fingerprint density at radius 2 is 1.82 bits per heavy atom.